The summed E-state index contributed by atoms with van der Waals surface area (Å²) in [5, 5.41) is 9.03. The van der Waals surface area contributed by atoms with Gasteiger partial charge in [0, 0.05) is 45.8 Å². The van der Waals surface area contributed by atoms with Gasteiger partial charge < -0.3 is 10.2 Å². The first kappa shape index (κ1) is 41.9. The molecule has 10 heteroatoms. The van der Waals surface area contributed by atoms with Crippen LogP contribution >= 0.6 is 0 Å². The van der Waals surface area contributed by atoms with Crippen LogP contribution in [0.25, 0.3) is 0 Å². The second-order valence-corrected chi connectivity index (χ2v) is 10.9. The van der Waals surface area contributed by atoms with Crippen molar-refractivity contribution >= 4 is 35.4 Å². The fourth-order valence-corrected chi connectivity index (χ4v) is 5.62. The van der Waals surface area contributed by atoms with E-state index in [9.17, 15) is 9.59 Å². The third-order valence-electron chi connectivity index (χ3n) is 8.07. The largest absolute Gasteiger partial charge is 0.356 e. The minimum Gasteiger partial charge on any atom is -0.356 e. The van der Waals surface area contributed by atoms with E-state index in [4.69, 9.17) is 0 Å². The number of aliphatic imine (C=N–C) groups is 2. The number of para-hydroxylation sites is 2. The number of benzene rings is 2. The van der Waals surface area contributed by atoms with Crippen LogP contribution in [0.1, 0.15) is 98.4 Å². The van der Waals surface area contributed by atoms with Gasteiger partial charge in [-0.3, -0.25) is 30.4 Å². The molecule has 0 saturated carbocycles. The predicted molar refractivity (Wildman–Crippen MR) is 206 cm³/mol. The van der Waals surface area contributed by atoms with E-state index >= 15 is 0 Å². The maximum atomic E-state index is 13.0. The molecule has 2 rings (SSSR count). The summed E-state index contributed by atoms with van der Waals surface area (Å²) in [6, 6.07) is 12.3. The van der Waals surface area contributed by atoms with Crippen molar-refractivity contribution in [1.29, 1.82) is 0 Å². The molecule has 0 atom stereocenters. The van der Waals surface area contributed by atoms with E-state index in [2.05, 4.69) is 109 Å². The van der Waals surface area contributed by atoms with Gasteiger partial charge in [0.05, 0.1) is 11.4 Å². The van der Waals surface area contributed by atoms with Gasteiger partial charge in [0.1, 0.15) is 0 Å². The van der Waals surface area contributed by atoms with Crippen molar-refractivity contribution < 1.29 is 9.59 Å². The Kier molecular flexibility index (Phi) is 20.3. The van der Waals surface area contributed by atoms with Crippen LogP contribution in [-0.4, -0.2) is 74.7 Å². The lowest BCUT2D eigenvalue weighted by Gasteiger charge is -2.29. The number of nitrogens with zero attached hydrogens (tertiary/aromatic N) is 5. The summed E-state index contributed by atoms with van der Waals surface area (Å²) in [4.78, 5) is 40.3. The Labute approximate surface area is 291 Å². The summed E-state index contributed by atoms with van der Waals surface area (Å²) in [7, 11) is 0. The molecule has 3 N–H and O–H groups in total. The Balaban J connectivity index is 0.000000482. The SMILES string of the molecule is CCN=C(NC(=O)N(CC)c1c(CC)cccc1CC)N(CC)CC.CCN=C(NCC)NC(=O)N(CC)c1c(CC)cccc1CC. The van der Waals surface area contributed by atoms with Crippen molar-refractivity contribution in [3.63, 3.8) is 0 Å². The molecule has 0 aliphatic carbocycles. The summed E-state index contributed by atoms with van der Waals surface area (Å²) in [6.07, 6.45) is 3.60. The van der Waals surface area contributed by atoms with Gasteiger partial charge in [0.25, 0.3) is 0 Å². The van der Waals surface area contributed by atoms with Gasteiger partial charge in [-0.2, -0.15) is 0 Å². The van der Waals surface area contributed by atoms with Gasteiger partial charge in [-0.05, 0) is 96.4 Å². The van der Waals surface area contributed by atoms with Crippen molar-refractivity contribution in [2.75, 3.05) is 55.6 Å². The fourth-order valence-electron chi connectivity index (χ4n) is 5.62. The van der Waals surface area contributed by atoms with Gasteiger partial charge in [-0.15, -0.1) is 0 Å². The number of aryl methyl sites for hydroxylation is 4. The predicted octanol–water partition coefficient (Wildman–Crippen LogP) is 7.40. The van der Waals surface area contributed by atoms with Gasteiger partial charge >= 0.3 is 12.1 Å². The second-order valence-electron chi connectivity index (χ2n) is 10.9. The molecule has 10 nitrogen and oxygen atoms in total. The zero-order chi connectivity index (χ0) is 36.1. The number of hydrogen-bond donors (Lipinski definition) is 3. The zero-order valence-electron chi connectivity index (χ0n) is 31.8. The highest BCUT2D eigenvalue weighted by Crippen LogP contribution is 2.28. The quantitative estimate of drug-likeness (QED) is 0.153. The van der Waals surface area contributed by atoms with Gasteiger partial charge in [-0.25, -0.2) is 9.59 Å². The summed E-state index contributed by atoms with van der Waals surface area (Å²) >= 11 is 0. The molecular weight excluding hydrogens is 600 g/mol. The van der Waals surface area contributed by atoms with E-state index < -0.39 is 0 Å². The Morgan fingerprint density at radius 2 is 0.958 bits per heavy atom. The molecule has 48 heavy (non-hydrogen) atoms. The lowest BCUT2D eigenvalue weighted by atomic mass is 10.0. The fraction of sp³-hybridized carbons (Fsp3) is 0.579. The molecule has 0 radical (unpaired) electrons. The highest BCUT2D eigenvalue weighted by Gasteiger charge is 2.22. The van der Waals surface area contributed by atoms with Crippen molar-refractivity contribution in [2.24, 2.45) is 9.98 Å². The van der Waals surface area contributed by atoms with Crippen LogP contribution in [0.2, 0.25) is 0 Å². The first-order chi connectivity index (χ1) is 23.2. The number of hydrogen-bond acceptors (Lipinski definition) is 4. The lowest BCUT2D eigenvalue weighted by molar-refractivity contribution is 0.249. The highest BCUT2D eigenvalue weighted by molar-refractivity contribution is 6.05. The molecule has 0 unspecified atom stereocenters. The molecule has 0 bridgehead atoms. The Morgan fingerprint density at radius 1 is 0.562 bits per heavy atom. The monoisotopic (exact) mass is 665 g/mol. The first-order valence-corrected chi connectivity index (χ1v) is 18.2. The topological polar surface area (TPSA) is 105 Å². The summed E-state index contributed by atoms with van der Waals surface area (Å²) in [6.45, 7) is 27.4. The third kappa shape index (κ3) is 11.9. The van der Waals surface area contributed by atoms with Crippen LogP contribution in [0.4, 0.5) is 21.0 Å². The number of guanidine groups is 2. The van der Waals surface area contributed by atoms with E-state index in [0.29, 0.717) is 38.1 Å². The van der Waals surface area contributed by atoms with E-state index in [1.165, 1.54) is 22.3 Å². The lowest BCUT2D eigenvalue weighted by Crippen LogP contribution is -2.50. The standard InChI is InChI=1S/C20H34N4O.C18H30N4O/c1-7-16-14-13-15-17(8-2)18(16)24(12-6)20(25)22-19(21-9-3)23(10-4)11-5;1-6-14-12-11-13-15(7-2)16(14)22(10-5)18(23)21-17(19-8-3)20-9-4/h13-15H,7-12H2,1-6H3,(H,21,22,25);11-13H,6-10H2,1-5H3,(H2,19,20,21,23). The summed E-state index contributed by atoms with van der Waals surface area (Å²) in [5.74, 6) is 1.19. The average molecular weight is 665 g/mol. The van der Waals surface area contributed by atoms with Crippen molar-refractivity contribution in [3.8, 4) is 0 Å². The molecule has 4 amide bonds. The van der Waals surface area contributed by atoms with Gasteiger partial charge in [-0.1, -0.05) is 64.1 Å². The van der Waals surface area contributed by atoms with Crippen molar-refractivity contribution in [3.05, 3.63) is 58.7 Å². The Morgan fingerprint density at radius 3 is 1.27 bits per heavy atom. The van der Waals surface area contributed by atoms with Crippen LogP contribution < -0.4 is 25.8 Å². The summed E-state index contributed by atoms with van der Waals surface area (Å²) in [5.41, 5.74) is 6.87. The number of anilines is 2. The van der Waals surface area contributed by atoms with E-state index in [1.54, 1.807) is 4.90 Å². The number of urea groups is 2. The summed E-state index contributed by atoms with van der Waals surface area (Å²) < 4.78 is 0. The minimum atomic E-state index is -0.142. The molecule has 0 aliphatic rings. The van der Waals surface area contributed by atoms with Crippen molar-refractivity contribution in [2.45, 2.75) is 102 Å². The van der Waals surface area contributed by atoms with E-state index in [0.717, 1.165) is 56.7 Å². The van der Waals surface area contributed by atoms with Gasteiger partial charge in [0.2, 0.25) is 5.96 Å². The minimum absolute atomic E-state index is 0.114. The third-order valence-corrected chi connectivity index (χ3v) is 8.07. The molecule has 0 heterocycles. The molecule has 0 aromatic heterocycles. The molecule has 2 aromatic carbocycles. The molecule has 0 spiro atoms. The van der Waals surface area contributed by atoms with Crippen LogP contribution in [0, 0.1) is 0 Å². The van der Waals surface area contributed by atoms with Crippen LogP contribution in [-0.2, 0) is 25.7 Å². The van der Waals surface area contributed by atoms with E-state index in [1.807, 2.05) is 39.5 Å². The molecule has 0 fully saturated rings. The normalized spacial score (nSPS) is 11.3. The van der Waals surface area contributed by atoms with Gasteiger partial charge in [0.15, 0.2) is 5.96 Å². The number of carbonyl (C=O) groups is 2. The number of amides is 4. The maximum Gasteiger partial charge on any atom is 0.328 e. The van der Waals surface area contributed by atoms with Crippen LogP contribution in [0.5, 0.6) is 0 Å². The Bertz CT molecular complexity index is 1280. The first-order valence-electron chi connectivity index (χ1n) is 18.2. The molecular formula is C38H64N8O2. The Hall–Kier alpha value is -4.08. The maximum absolute atomic E-state index is 13.0. The average Bonchev–Trinajstić information content (AvgIpc) is 3.10. The van der Waals surface area contributed by atoms with Crippen LogP contribution in [0.15, 0.2) is 46.4 Å². The number of carbonyl (C=O) groups excluding carboxylic acids is 2. The molecule has 2 aromatic rings. The number of rotatable bonds is 13. The number of nitrogens with one attached hydrogen (secondary N) is 3. The van der Waals surface area contributed by atoms with Crippen molar-refractivity contribution in [1.82, 2.24) is 20.9 Å². The molecule has 268 valence electrons. The zero-order valence-corrected chi connectivity index (χ0v) is 31.8. The highest BCUT2D eigenvalue weighted by atomic mass is 16.2. The van der Waals surface area contributed by atoms with E-state index in [-0.39, 0.29) is 12.1 Å². The molecule has 0 aliphatic heterocycles. The second kappa shape index (κ2) is 23.3. The smallest absolute Gasteiger partial charge is 0.328 e. The van der Waals surface area contributed by atoms with Crippen LogP contribution in [0.3, 0.4) is 0 Å². The molecule has 0 saturated heterocycles.